The van der Waals surface area contributed by atoms with Gasteiger partial charge in [-0.3, -0.25) is 14.9 Å². The molecule has 0 aliphatic heterocycles. The minimum absolute atomic E-state index is 0.0323. The Morgan fingerprint density at radius 2 is 1.81 bits per heavy atom. The van der Waals surface area contributed by atoms with E-state index in [0.29, 0.717) is 5.75 Å². The SMILES string of the molecule is Cc1ccc(OCC(=O)OCC(=O)Nc2ccccc2[N+](=O)[O-])cc1C. The Balaban J connectivity index is 1.81. The zero-order chi connectivity index (χ0) is 19.1. The summed E-state index contributed by atoms with van der Waals surface area (Å²) >= 11 is 0. The summed E-state index contributed by atoms with van der Waals surface area (Å²) in [5.74, 6) is -0.880. The van der Waals surface area contributed by atoms with Gasteiger partial charge in [0.1, 0.15) is 11.4 Å². The van der Waals surface area contributed by atoms with E-state index in [9.17, 15) is 19.7 Å². The van der Waals surface area contributed by atoms with Gasteiger partial charge in [-0.15, -0.1) is 0 Å². The number of nitro benzene ring substituents is 1. The molecule has 0 saturated carbocycles. The maximum Gasteiger partial charge on any atom is 0.344 e. The molecule has 2 aromatic rings. The smallest absolute Gasteiger partial charge is 0.344 e. The Kier molecular flexibility index (Phi) is 6.26. The number of carbonyl (C=O) groups excluding carboxylic acids is 2. The topological polar surface area (TPSA) is 108 Å². The molecule has 0 atom stereocenters. The van der Waals surface area contributed by atoms with Crippen molar-refractivity contribution in [2.45, 2.75) is 13.8 Å². The number of nitrogens with zero attached hydrogens (tertiary/aromatic N) is 1. The summed E-state index contributed by atoms with van der Waals surface area (Å²) in [5.41, 5.74) is 1.92. The standard InChI is InChI=1S/C18H18N2O6/c1-12-7-8-14(9-13(12)2)25-11-18(22)26-10-17(21)19-15-5-3-4-6-16(15)20(23)24/h3-9H,10-11H2,1-2H3,(H,19,21). The molecular weight excluding hydrogens is 340 g/mol. The summed E-state index contributed by atoms with van der Waals surface area (Å²) in [4.78, 5) is 33.7. The van der Waals surface area contributed by atoms with Gasteiger partial charge in [0.2, 0.25) is 0 Å². The van der Waals surface area contributed by atoms with E-state index in [0.717, 1.165) is 11.1 Å². The lowest BCUT2D eigenvalue weighted by Crippen LogP contribution is -2.24. The van der Waals surface area contributed by atoms with Gasteiger partial charge in [0.15, 0.2) is 13.2 Å². The van der Waals surface area contributed by atoms with Crippen LogP contribution < -0.4 is 10.1 Å². The molecule has 0 fully saturated rings. The molecular formula is C18H18N2O6. The highest BCUT2D eigenvalue weighted by Crippen LogP contribution is 2.23. The first-order valence-corrected chi connectivity index (χ1v) is 7.76. The number of benzene rings is 2. The number of para-hydroxylation sites is 2. The van der Waals surface area contributed by atoms with E-state index in [1.54, 1.807) is 18.2 Å². The van der Waals surface area contributed by atoms with Crippen molar-refractivity contribution in [2.24, 2.45) is 0 Å². The summed E-state index contributed by atoms with van der Waals surface area (Å²) in [6.45, 7) is 2.97. The summed E-state index contributed by atoms with van der Waals surface area (Å²) in [7, 11) is 0. The number of esters is 1. The number of anilines is 1. The molecule has 0 unspecified atom stereocenters. The molecule has 0 bridgehead atoms. The maximum absolute atomic E-state index is 11.8. The van der Waals surface area contributed by atoms with Crippen molar-refractivity contribution in [3.63, 3.8) is 0 Å². The molecule has 1 N–H and O–H groups in total. The van der Waals surface area contributed by atoms with Crippen molar-refractivity contribution in [2.75, 3.05) is 18.5 Å². The van der Waals surface area contributed by atoms with E-state index in [1.807, 2.05) is 19.9 Å². The number of hydrogen-bond donors (Lipinski definition) is 1. The van der Waals surface area contributed by atoms with Gasteiger partial charge in [0, 0.05) is 6.07 Å². The van der Waals surface area contributed by atoms with E-state index in [-0.39, 0.29) is 18.0 Å². The number of nitrogens with one attached hydrogen (secondary N) is 1. The summed E-state index contributed by atoms with van der Waals surface area (Å²) in [6, 6.07) is 11.1. The second-order valence-corrected chi connectivity index (χ2v) is 5.52. The normalized spacial score (nSPS) is 10.1. The minimum atomic E-state index is -0.721. The van der Waals surface area contributed by atoms with Crippen molar-refractivity contribution in [1.82, 2.24) is 0 Å². The lowest BCUT2D eigenvalue weighted by Gasteiger charge is -2.09. The van der Waals surface area contributed by atoms with Gasteiger partial charge >= 0.3 is 5.97 Å². The van der Waals surface area contributed by atoms with Crippen LogP contribution in [0.15, 0.2) is 42.5 Å². The largest absolute Gasteiger partial charge is 0.482 e. The number of amides is 1. The Hall–Kier alpha value is -3.42. The van der Waals surface area contributed by atoms with Crippen molar-refractivity contribution >= 4 is 23.3 Å². The first-order valence-electron chi connectivity index (χ1n) is 7.76. The van der Waals surface area contributed by atoms with Crippen molar-refractivity contribution < 1.29 is 24.0 Å². The molecule has 8 nitrogen and oxygen atoms in total. The Labute approximate surface area is 149 Å². The fraction of sp³-hybridized carbons (Fsp3) is 0.222. The van der Waals surface area contributed by atoms with Gasteiger partial charge in [-0.2, -0.15) is 0 Å². The molecule has 0 aliphatic carbocycles. The zero-order valence-electron chi connectivity index (χ0n) is 14.4. The monoisotopic (exact) mass is 358 g/mol. The molecule has 0 aromatic heterocycles. The molecule has 2 rings (SSSR count). The fourth-order valence-electron chi connectivity index (χ4n) is 2.06. The molecule has 26 heavy (non-hydrogen) atoms. The molecule has 0 aliphatic rings. The number of ether oxygens (including phenoxy) is 2. The first kappa shape index (κ1) is 18.9. The van der Waals surface area contributed by atoms with Gasteiger partial charge < -0.3 is 14.8 Å². The predicted octanol–water partition coefficient (Wildman–Crippen LogP) is 2.77. The van der Waals surface area contributed by atoms with Crippen LogP contribution in [0.4, 0.5) is 11.4 Å². The van der Waals surface area contributed by atoms with Crippen LogP contribution in [-0.4, -0.2) is 30.0 Å². The third-order valence-electron chi connectivity index (χ3n) is 3.57. The molecule has 8 heteroatoms. The molecule has 2 aromatic carbocycles. The third-order valence-corrected chi connectivity index (χ3v) is 3.57. The minimum Gasteiger partial charge on any atom is -0.482 e. The van der Waals surface area contributed by atoms with Crippen LogP contribution in [0.1, 0.15) is 11.1 Å². The van der Waals surface area contributed by atoms with Gasteiger partial charge in [-0.25, -0.2) is 4.79 Å². The van der Waals surface area contributed by atoms with Crippen LogP contribution >= 0.6 is 0 Å². The van der Waals surface area contributed by atoms with Gasteiger partial charge in [-0.05, 0) is 43.2 Å². The summed E-state index contributed by atoms with van der Waals surface area (Å²) in [6.07, 6.45) is 0. The highest BCUT2D eigenvalue weighted by atomic mass is 16.6. The lowest BCUT2D eigenvalue weighted by molar-refractivity contribution is -0.383. The third kappa shape index (κ3) is 5.30. The molecule has 1 amide bonds. The zero-order valence-corrected chi connectivity index (χ0v) is 14.4. The number of nitro groups is 1. The van der Waals surface area contributed by atoms with E-state index in [4.69, 9.17) is 9.47 Å². The van der Waals surface area contributed by atoms with Gasteiger partial charge in [0.25, 0.3) is 11.6 Å². The van der Waals surface area contributed by atoms with Crippen LogP contribution in [0.5, 0.6) is 5.75 Å². The predicted molar refractivity (Wildman–Crippen MR) is 94.1 cm³/mol. The van der Waals surface area contributed by atoms with Crippen molar-refractivity contribution in [3.8, 4) is 5.75 Å². The quantitative estimate of drug-likeness (QED) is 0.463. The molecule has 0 heterocycles. The number of aryl methyl sites for hydroxylation is 2. The Morgan fingerprint density at radius 3 is 2.50 bits per heavy atom. The second kappa shape index (κ2) is 8.61. The molecule has 0 saturated heterocycles. The van der Waals surface area contributed by atoms with Crippen LogP contribution in [-0.2, 0) is 14.3 Å². The van der Waals surface area contributed by atoms with Crippen LogP contribution in [0.2, 0.25) is 0 Å². The number of carbonyl (C=O) groups is 2. The number of rotatable bonds is 7. The van der Waals surface area contributed by atoms with E-state index in [1.165, 1.54) is 18.2 Å². The van der Waals surface area contributed by atoms with E-state index < -0.39 is 23.4 Å². The Bertz CT molecular complexity index is 834. The number of hydrogen-bond acceptors (Lipinski definition) is 6. The summed E-state index contributed by atoms with van der Waals surface area (Å²) in [5, 5.41) is 13.2. The first-order chi connectivity index (χ1) is 12.4. The van der Waals surface area contributed by atoms with Crippen molar-refractivity contribution in [3.05, 3.63) is 63.7 Å². The lowest BCUT2D eigenvalue weighted by atomic mass is 10.1. The summed E-state index contributed by atoms with van der Waals surface area (Å²) < 4.78 is 10.1. The van der Waals surface area contributed by atoms with Crippen LogP contribution in [0.25, 0.3) is 0 Å². The van der Waals surface area contributed by atoms with E-state index >= 15 is 0 Å². The highest BCUT2D eigenvalue weighted by molar-refractivity contribution is 5.94. The molecule has 0 radical (unpaired) electrons. The average molecular weight is 358 g/mol. The fourth-order valence-corrected chi connectivity index (χ4v) is 2.06. The van der Waals surface area contributed by atoms with Gasteiger partial charge in [-0.1, -0.05) is 18.2 Å². The van der Waals surface area contributed by atoms with Gasteiger partial charge in [0.05, 0.1) is 4.92 Å². The van der Waals surface area contributed by atoms with Crippen LogP contribution in [0.3, 0.4) is 0 Å². The average Bonchev–Trinajstić information content (AvgIpc) is 2.61. The highest BCUT2D eigenvalue weighted by Gasteiger charge is 2.16. The molecule has 0 spiro atoms. The van der Waals surface area contributed by atoms with Crippen molar-refractivity contribution in [1.29, 1.82) is 0 Å². The van der Waals surface area contributed by atoms with E-state index in [2.05, 4.69) is 5.32 Å². The van der Waals surface area contributed by atoms with Crippen LogP contribution in [0, 0.1) is 24.0 Å². The second-order valence-electron chi connectivity index (χ2n) is 5.52. The Morgan fingerprint density at radius 1 is 1.08 bits per heavy atom. The maximum atomic E-state index is 11.8. The molecule has 136 valence electrons.